The first-order valence-corrected chi connectivity index (χ1v) is 7.50. The highest BCUT2D eigenvalue weighted by atomic mass is 35.5. The minimum atomic E-state index is 0.587. The molecule has 104 valence electrons. The lowest BCUT2D eigenvalue weighted by Crippen LogP contribution is -2.33. The standard InChI is InChI=1S/C15H22ClN3/c1-18(2)14-6-5-11(10-12(14)16)17-13-7-9-19-8-3-4-15(13)19/h5-6,10,13,15,17H,3-4,7-9H2,1-2H3. The highest BCUT2D eigenvalue weighted by molar-refractivity contribution is 6.33. The van der Waals surface area contributed by atoms with Crippen LogP contribution >= 0.6 is 11.6 Å². The van der Waals surface area contributed by atoms with E-state index < -0.39 is 0 Å². The Balaban J connectivity index is 1.72. The smallest absolute Gasteiger partial charge is 0.0659 e. The average Bonchev–Trinajstić information content (AvgIpc) is 2.94. The van der Waals surface area contributed by atoms with Gasteiger partial charge in [-0.25, -0.2) is 0 Å². The van der Waals surface area contributed by atoms with Gasteiger partial charge in [0, 0.05) is 38.4 Å². The number of fused-ring (bicyclic) bond motifs is 1. The van der Waals surface area contributed by atoms with Gasteiger partial charge in [-0.3, -0.25) is 4.90 Å². The van der Waals surface area contributed by atoms with Crippen molar-refractivity contribution in [3.8, 4) is 0 Å². The van der Waals surface area contributed by atoms with E-state index in [9.17, 15) is 0 Å². The van der Waals surface area contributed by atoms with E-state index in [1.165, 1.54) is 32.4 Å². The number of halogens is 1. The highest BCUT2D eigenvalue weighted by Crippen LogP contribution is 2.32. The van der Waals surface area contributed by atoms with Gasteiger partial charge in [-0.15, -0.1) is 0 Å². The molecule has 0 spiro atoms. The summed E-state index contributed by atoms with van der Waals surface area (Å²) in [7, 11) is 4.03. The van der Waals surface area contributed by atoms with Gasteiger partial charge in [0.25, 0.3) is 0 Å². The summed E-state index contributed by atoms with van der Waals surface area (Å²) in [6.07, 6.45) is 3.93. The molecule has 0 bridgehead atoms. The van der Waals surface area contributed by atoms with Crippen molar-refractivity contribution in [2.24, 2.45) is 0 Å². The van der Waals surface area contributed by atoms with Crippen molar-refractivity contribution in [1.29, 1.82) is 0 Å². The molecule has 1 aromatic carbocycles. The molecule has 2 aliphatic rings. The monoisotopic (exact) mass is 279 g/mol. The Labute approximate surface area is 120 Å². The predicted octanol–water partition coefficient (Wildman–Crippen LogP) is 3.05. The molecule has 2 atom stereocenters. The molecule has 0 amide bonds. The van der Waals surface area contributed by atoms with Crippen LogP contribution in [-0.4, -0.2) is 44.2 Å². The number of rotatable bonds is 3. The van der Waals surface area contributed by atoms with Crippen LogP contribution in [0.5, 0.6) is 0 Å². The molecule has 1 N–H and O–H groups in total. The van der Waals surface area contributed by atoms with Crippen molar-refractivity contribution in [2.45, 2.75) is 31.3 Å². The molecule has 2 saturated heterocycles. The van der Waals surface area contributed by atoms with E-state index in [1.807, 2.05) is 19.0 Å². The van der Waals surface area contributed by atoms with Gasteiger partial charge in [-0.2, -0.15) is 0 Å². The first kappa shape index (κ1) is 13.1. The van der Waals surface area contributed by atoms with E-state index >= 15 is 0 Å². The zero-order valence-corrected chi connectivity index (χ0v) is 12.5. The third-order valence-electron chi connectivity index (χ3n) is 4.39. The molecule has 0 saturated carbocycles. The maximum absolute atomic E-state index is 6.33. The van der Waals surface area contributed by atoms with E-state index in [4.69, 9.17) is 11.6 Å². The summed E-state index contributed by atoms with van der Waals surface area (Å²) in [5.41, 5.74) is 2.22. The van der Waals surface area contributed by atoms with Crippen LogP contribution < -0.4 is 10.2 Å². The summed E-state index contributed by atoms with van der Waals surface area (Å²) in [6, 6.07) is 7.59. The molecule has 19 heavy (non-hydrogen) atoms. The fourth-order valence-electron chi connectivity index (χ4n) is 3.42. The molecule has 0 radical (unpaired) electrons. The summed E-state index contributed by atoms with van der Waals surface area (Å²) >= 11 is 6.33. The third kappa shape index (κ3) is 2.54. The summed E-state index contributed by atoms with van der Waals surface area (Å²) < 4.78 is 0. The van der Waals surface area contributed by atoms with Gasteiger partial charge in [0.1, 0.15) is 0 Å². The lowest BCUT2D eigenvalue weighted by molar-refractivity contribution is 0.318. The number of anilines is 2. The molecule has 0 aliphatic carbocycles. The molecular weight excluding hydrogens is 258 g/mol. The fourth-order valence-corrected chi connectivity index (χ4v) is 3.77. The van der Waals surface area contributed by atoms with Gasteiger partial charge in [-0.05, 0) is 44.0 Å². The van der Waals surface area contributed by atoms with Crippen LogP contribution in [0.4, 0.5) is 11.4 Å². The van der Waals surface area contributed by atoms with Crippen molar-refractivity contribution in [1.82, 2.24) is 4.90 Å². The summed E-state index contributed by atoms with van der Waals surface area (Å²) in [5.74, 6) is 0. The molecule has 2 aliphatic heterocycles. The summed E-state index contributed by atoms with van der Waals surface area (Å²) in [5, 5.41) is 4.49. The minimum absolute atomic E-state index is 0.587. The first-order chi connectivity index (χ1) is 9.15. The number of hydrogen-bond acceptors (Lipinski definition) is 3. The lowest BCUT2D eigenvalue weighted by atomic mass is 10.1. The number of nitrogens with zero attached hydrogens (tertiary/aromatic N) is 2. The molecule has 3 rings (SSSR count). The predicted molar refractivity (Wildman–Crippen MR) is 82.4 cm³/mol. The van der Waals surface area contributed by atoms with Gasteiger partial charge in [0.05, 0.1) is 10.7 Å². The largest absolute Gasteiger partial charge is 0.381 e. The van der Waals surface area contributed by atoms with Crippen molar-refractivity contribution in [3.63, 3.8) is 0 Å². The second kappa shape index (κ2) is 5.22. The van der Waals surface area contributed by atoms with Crippen LogP contribution in [-0.2, 0) is 0 Å². The molecular formula is C15H22ClN3. The zero-order valence-electron chi connectivity index (χ0n) is 11.7. The van der Waals surface area contributed by atoms with E-state index in [0.717, 1.165) is 22.4 Å². The van der Waals surface area contributed by atoms with Crippen LogP contribution in [0.25, 0.3) is 0 Å². The van der Waals surface area contributed by atoms with Crippen molar-refractivity contribution in [3.05, 3.63) is 23.2 Å². The molecule has 1 aromatic rings. The molecule has 2 unspecified atom stereocenters. The minimum Gasteiger partial charge on any atom is -0.381 e. The second-order valence-corrected chi connectivity index (χ2v) is 6.25. The van der Waals surface area contributed by atoms with E-state index in [-0.39, 0.29) is 0 Å². The SMILES string of the molecule is CN(C)c1ccc(NC2CCN3CCCC23)cc1Cl. The van der Waals surface area contributed by atoms with E-state index in [1.54, 1.807) is 0 Å². The van der Waals surface area contributed by atoms with Gasteiger partial charge < -0.3 is 10.2 Å². The van der Waals surface area contributed by atoms with Crippen LogP contribution in [0.3, 0.4) is 0 Å². The van der Waals surface area contributed by atoms with E-state index in [0.29, 0.717) is 6.04 Å². The zero-order chi connectivity index (χ0) is 13.4. The highest BCUT2D eigenvalue weighted by Gasteiger charge is 2.36. The quantitative estimate of drug-likeness (QED) is 0.917. The number of benzene rings is 1. The Kier molecular flexibility index (Phi) is 3.59. The van der Waals surface area contributed by atoms with E-state index in [2.05, 4.69) is 28.4 Å². The summed E-state index contributed by atoms with van der Waals surface area (Å²) in [4.78, 5) is 4.66. The van der Waals surface area contributed by atoms with Gasteiger partial charge in [0.2, 0.25) is 0 Å². The Morgan fingerprint density at radius 2 is 2.11 bits per heavy atom. The Hall–Kier alpha value is -0.930. The van der Waals surface area contributed by atoms with Crippen molar-refractivity contribution < 1.29 is 0 Å². The topological polar surface area (TPSA) is 18.5 Å². The van der Waals surface area contributed by atoms with Gasteiger partial charge in [-0.1, -0.05) is 11.6 Å². The molecule has 2 heterocycles. The number of nitrogens with one attached hydrogen (secondary N) is 1. The Morgan fingerprint density at radius 1 is 1.26 bits per heavy atom. The average molecular weight is 280 g/mol. The van der Waals surface area contributed by atoms with Crippen LogP contribution in [0.1, 0.15) is 19.3 Å². The third-order valence-corrected chi connectivity index (χ3v) is 4.69. The Morgan fingerprint density at radius 3 is 2.84 bits per heavy atom. The van der Waals surface area contributed by atoms with Crippen molar-refractivity contribution >= 4 is 23.0 Å². The maximum atomic E-state index is 6.33. The normalized spacial score (nSPS) is 26.5. The Bertz CT molecular complexity index is 461. The molecule has 0 aromatic heterocycles. The van der Waals surface area contributed by atoms with Gasteiger partial charge >= 0.3 is 0 Å². The maximum Gasteiger partial charge on any atom is 0.0659 e. The van der Waals surface area contributed by atoms with Crippen LogP contribution in [0.2, 0.25) is 5.02 Å². The fraction of sp³-hybridized carbons (Fsp3) is 0.600. The van der Waals surface area contributed by atoms with Gasteiger partial charge in [0.15, 0.2) is 0 Å². The lowest BCUT2D eigenvalue weighted by Gasteiger charge is -2.23. The molecule has 3 nitrogen and oxygen atoms in total. The molecule has 4 heteroatoms. The van der Waals surface area contributed by atoms with Crippen molar-refractivity contribution in [2.75, 3.05) is 37.4 Å². The summed E-state index contributed by atoms with van der Waals surface area (Å²) in [6.45, 7) is 2.52. The number of hydrogen-bond donors (Lipinski definition) is 1. The van der Waals surface area contributed by atoms with Crippen LogP contribution in [0, 0.1) is 0 Å². The second-order valence-electron chi connectivity index (χ2n) is 5.85. The van der Waals surface area contributed by atoms with Crippen LogP contribution in [0.15, 0.2) is 18.2 Å². The first-order valence-electron chi connectivity index (χ1n) is 7.12. The molecule has 2 fully saturated rings.